The highest BCUT2D eigenvalue weighted by molar-refractivity contribution is 7.89. The normalized spacial score (nSPS) is 22.7. The van der Waals surface area contributed by atoms with Crippen molar-refractivity contribution in [3.63, 3.8) is 0 Å². The minimum absolute atomic E-state index is 0.211. The van der Waals surface area contributed by atoms with E-state index >= 15 is 0 Å². The summed E-state index contributed by atoms with van der Waals surface area (Å²) in [6, 6.07) is 8.58. The predicted molar refractivity (Wildman–Crippen MR) is 80.3 cm³/mol. The van der Waals surface area contributed by atoms with E-state index in [1.807, 2.05) is 0 Å². The number of aliphatic hydroxyl groups excluding tert-OH is 1. The number of hydrogen-bond acceptors (Lipinski definition) is 4. The molecule has 112 valence electrons. The van der Waals surface area contributed by atoms with Crippen molar-refractivity contribution in [1.82, 2.24) is 9.71 Å². The van der Waals surface area contributed by atoms with Crippen LogP contribution in [0.25, 0.3) is 10.9 Å². The van der Waals surface area contributed by atoms with Crippen LogP contribution in [0.3, 0.4) is 0 Å². The summed E-state index contributed by atoms with van der Waals surface area (Å²) in [4.78, 5) is 4.43. The zero-order valence-electron chi connectivity index (χ0n) is 11.6. The second kappa shape index (κ2) is 5.71. The Labute approximate surface area is 124 Å². The van der Waals surface area contributed by atoms with Crippen LogP contribution < -0.4 is 4.72 Å². The summed E-state index contributed by atoms with van der Waals surface area (Å²) in [7, 11) is -3.56. The molecule has 1 aromatic carbocycles. The van der Waals surface area contributed by atoms with E-state index in [0.29, 0.717) is 23.9 Å². The SMILES string of the molecule is O=S(=O)(NCC1CCC(O)C1)c1cccc2ncccc12. The van der Waals surface area contributed by atoms with E-state index < -0.39 is 10.0 Å². The Morgan fingerprint density at radius 2 is 2.10 bits per heavy atom. The lowest BCUT2D eigenvalue weighted by atomic mass is 10.1. The number of nitrogens with zero attached hydrogens (tertiary/aromatic N) is 1. The fourth-order valence-electron chi connectivity index (χ4n) is 2.85. The van der Waals surface area contributed by atoms with Gasteiger partial charge in [-0.1, -0.05) is 6.07 Å². The van der Waals surface area contributed by atoms with Gasteiger partial charge in [0, 0.05) is 18.1 Å². The summed E-state index contributed by atoms with van der Waals surface area (Å²) in [5.74, 6) is 0.211. The van der Waals surface area contributed by atoms with Gasteiger partial charge in [0.2, 0.25) is 10.0 Å². The summed E-state index contributed by atoms with van der Waals surface area (Å²) in [5, 5.41) is 10.1. The van der Waals surface area contributed by atoms with Gasteiger partial charge in [-0.3, -0.25) is 4.98 Å². The zero-order valence-corrected chi connectivity index (χ0v) is 12.4. The van der Waals surface area contributed by atoms with Crippen molar-refractivity contribution in [1.29, 1.82) is 0 Å². The molecule has 1 heterocycles. The zero-order chi connectivity index (χ0) is 14.9. The Bertz CT molecular complexity index is 740. The highest BCUT2D eigenvalue weighted by atomic mass is 32.2. The van der Waals surface area contributed by atoms with Gasteiger partial charge in [0.15, 0.2) is 0 Å². The molecule has 1 fully saturated rings. The van der Waals surface area contributed by atoms with Gasteiger partial charge in [-0.2, -0.15) is 0 Å². The Morgan fingerprint density at radius 3 is 2.86 bits per heavy atom. The van der Waals surface area contributed by atoms with Crippen molar-refractivity contribution in [3.8, 4) is 0 Å². The minimum Gasteiger partial charge on any atom is -0.393 e. The molecular weight excluding hydrogens is 288 g/mol. The Kier molecular flexibility index (Phi) is 3.93. The third-order valence-corrected chi connectivity index (χ3v) is 5.45. The van der Waals surface area contributed by atoms with E-state index in [1.165, 1.54) is 0 Å². The van der Waals surface area contributed by atoms with E-state index in [-0.39, 0.29) is 16.9 Å². The van der Waals surface area contributed by atoms with Gasteiger partial charge in [0.25, 0.3) is 0 Å². The summed E-state index contributed by atoms with van der Waals surface area (Å²) >= 11 is 0. The first-order chi connectivity index (χ1) is 10.1. The number of hydrogen-bond donors (Lipinski definition) is 2. The molecule has 2 atom stereocenters. The van der Waals surface area contributed by atoms with Crippen LogP contribution in [0.1, 0.15) is 19.3 Å². The third kappa shape index (κ3) is 3.07. The quantitative estimate of drug-likeness (QED) is 0.900. The van der Waals surface area contributed by atoms with Crippen LogP contribution in [-0.2, 0) is 10.0 Å². The summed E-state index contributed by atoms with van der Waals surface area (Å²) in [6.07, 6.45) is 3.64. The maximum Gasteiger partial charge on any atom is 0.241 e. The van der Waals surface area contributed by atoms with Crippen molar-refractivity contribution < 1.29 is 13.5 Å². The molecule has 3 rings (SSSR count). The Morgan fingerprint density at radius 1 is 1.24 bits per heavy atom. The van der Waals surface area contributed by atoms with Gasteiger partial charge in [0.1, 0.15) is 0 Å². The lowest BCUT2D eigenvalue weighted by Gasteiger charge is -2.12. The molecule has 0 amide bonds. The first-order valence-electron chi connectivity index (χ1n) is 7.08. The van der Waals surface area contributed by atoms with E-state index in [0.717, 1.165) is 12.8 Å². The molecule has 21 heavy (non-hydrogen) atoms. The predicted octanol–water partition coefficient (Wildman–Crippen LogP) is 1.67. The monoisotopic (exact) mass is 306 g/mol. The van der Waals surface area contributed by atoms with Crippen LogP contribution in [0.4, 0.5) is 0 Å². The average molecular weight is 306 g/mol. The fourth-order valence-corrected chi connectivity index (χ4v) is 4.18. The highest BCUT2D eigenvalue weighted by Gasteiger charge is 2.25. The van der Waals surface area contributed by atoms with Crippen LogP contribution >= 0.6 is 0 Å². The molecule has 5 nitrogen and oxygen atoms in total. The van der Waals surface area contributed by atoms with E-state index in [1.54, 1.807) is 36.5 Å². The number of rotatable bonds is 4. The third-order valence-electron chi connectivity index (χ3n) is 3.97. The van der Waals surface area contributed by atoms with Crippen LogP contribution in [0.2, 0.25) is 0 Å². The molecule has 2 N–H and O–H groups in total. The Balaban J connectivity index is 1.83. The molecular formula is C15H18N2O3S. The van der Waals surface area contributed by atoms with Crippen LogP contribution in [0.15, 0.2) is 41.4 Å². The molecule has 1 aromatic heterocycles. The standard InChI is InChI=1S/C15H18N2O3S/c18-12-7-6-11(9-12)10-17-21(19,20)15-5-1-4-14-13(15)3-2-8-16-14/h1-5,8,11-12,17-18H,6-7,9-10H2. The maximum atomic E-state index is 12.5. The molecule has 1 aliphatic carbocycles. The summed E-state index contributed by atoms with van der Waals surface area (Å²) in [6.45, 7) is 0.371. The number of aliphatic hydroxyl groups is 1. The van der Waals surface area contributed by atoms with Gasteiger partial charge >= 0.3 is 0 Å². The summed E-state index contributed by atoms with van der Waals surface area (Å²) in [5.41, 5.74) is 0.664. The molecule has 1 aliphatic rings. The first-order valence-corrected chi connectivity index (χ1v) is 8.56. The molecule has 0 aliphatic heterocycles. The van der Waals surface area contributed by atoms with Gasteiger partial charge in [-0.05, 0) is 49.4 Å². The molecule has 0 saturated heterocycles. The number of benzene rings is 1. The Hall–Kier alpha value is -1.50. The lowest BCUT2D eigenvalue weighted by Crippen LogP contribution is -2.29. The van der Waals surface area contributed by atoms with E-state index in [9.17, 15) is 13.5 Å². The smallest absolute Gasteiger partial charge is 0.241 e. The van der Waals surface area contributed by atoms with Crippen LogP contribution in [0, 0.1) is 5.92 Å². The minimum atomic E-state index is -3.56. The van der Waals surface area contributed by atoms with Crippen LogP contribution in [-0.4, -0.2) is 31.2 Å². The van der Waals surface area contributed by atoms with Crippen molar-refractivity contribution in [2.75, 3.05) is 6.54 Å². The van der Waals surface area contributed by atoms with Crippen molar-refractivity contribution in [2.45, 2.75) is 30.3 Å². The van der Waals surface area contributed by atoms with Crippen LogP contribution in [0.5, 0.6) is 0 Å². The molecule has 2 unspecified atom stereocenters. The van der Waals surface area contributed by atoms with Gasteiger partial charge in [0.05, 0.1) is 16.5 Å². The number of nitrogens with one attached hydrogen (secondary N) is 1. The fraction of sp³-hybridized carbons (Fsp3) is 0.400. The van der Waals surface area contributed by atoms with Gasteiger partial charge in [-0.15, -0.1) is 0 Å². The molecule has 0 bridgehead atoms. The second-order valence-electron chi connectivity index (χ2n) is 5.51. The average Bonchev–Trinajstić information content (AvgIpc) is 2.90. The van der Waals surface area contributed by atoms with E-state index in [2.05, 4.69) is 9.71 Å². The first kappa shape index (κ1) is 14.4. The number of sulfonamides is 1. The molecule has 6 heteroatoms. The van der Waals surface area contributed by atoms with Gasteiger partial charge < -0.3 is 5.11 Å². The number of fused-ring (bicyclic) bond motifs is 1. The molecule has 0 radical (unpaired) electrons. The lowest BCUT2D eigenvalue weighted by molar-refractivity contribution is 0.178. The number of aromatic nitrogens is 1. The summed E-state index contributed by atoms with van der Waals surface area (Å²) < 4.78 is 27.6. The molecule has 2 aromatic rings. The topological polar surface area (TPSA) is 79.3 Å². The molecule has 1 saturated carbocycles. The largest absolute Gasteiger partial charge is 0.393 e. The van der Waals surface area contributed by atoms with E-state index in [4.69, 9.17) is 0 Å². The highest BCUT2D eigenvalue weighted by Crippen LogP contribution is 2.26. The second-order valence-corrected chi connectivity index (χ2v) is 7.25. The van der Waals surface area contributed by atoms with Crippen molar-refractivity contribution >= 4 is 20.9 Å². The van der Waals surface area contributed by atoms with Crippen molar-refractivity contribution in [2.24, 2.45) is 5.92 Å². The molecule has 0 spiro atoms. The number of pyridine rings is 1. The van der Waals surface area contributed by atoms with Gasteiger partial charge in [-0.25, -0.2) is 13.1 Å². The van der Waals surface area contributed by atoms with Crippen molar-refractivity contribution in [3.05, 3.63) is 36.5 Å². The maximum absolute atomic E-state index is 12.5.